The Bertz CT molecular complexity index is 3040. The van der Waals surface area contributed by atoms with Gasteiger partial charge >= 0.3 is 12.2 Å². The highest BCUT2D eigenvalue weighted by atomic mass is 32.2. The van der Waals surface area contributed by atoms with Gasteiger partial charge in [-0.2, -0.15) is 0 Å². The second-order valence-corrected chi connectivity index (χ2v) is 55.0. The Morgan fingerprint density at radius 1 is 0.305 bits per heavy atom. The van der Waals surface area contributed by atoms with E-state index in [0.29, 0.717) is 13.2 Å². The number of carbonyl (C=O) groups is 6. The topological polar surface area (TPSA) is 250 Å². The van der Waals surface area contributed by atoms with Gasteiger partial charge in [0.1, 0.15) is 0 Å². The molecule has 6 amide bonds. The summed E-state index contributed by atoms with van der Waals surface area (Å²) in [5.41, 5.74) is 0.566. The fourth-order valence-corrected chi connectivity index (χ4v) is 21.0. The first-order valence-electron chi connectivity index (χ1n) is 43.4. The molecule has 4 N–H and O–H groups in total. The number of rotatable bonds is 14. The van der Waals surface area contributed by atoms with Gasteiger partial charge in [-0.25, -0.2) is 35.5 Å². The number of ether oxygens (including phenoxy) is 2. The third-order valence-electron chi connectivity index (χ3n) is 19.5. The van der Waals surface area contributed by atoms with Crippen LogP contribution in [0.2, 0.25) is 0 Å². The fraction of sp³-hybridized carbons (Fsp3) is 0.938. The van der Waals surface area contributed by atoms with Crippen molar-refractivity contribution in [2.24, 2.45) is 98.5 Å². The van der Waals surface area contributed by atoms with Crippen molar-refractivity contribution in [1.29, 1.82) is 0 Å². The van der Waals surface area contributed by atoms with Crippen molar-refractivity contribution in [2.45, 2.75) is 436 Å². The predicted octanol–water partition coefficient (Wildman–Crippen LogP) is 23.4. The van der Waals surface area contributed by atoms with E-state index in [9.17, 15) is 45.6 Å². The molecule has 0 rings (SSSR count). The molecular weight excluding hydrogens is 1520 g/mol. The van der Waals surface area contributed by atoms with E-state index in [4.69, 9.17) is 9.47 Å². The Balaban J connectivity index is -0.000000195. The summed E-state index contributed by atoms with van der Waals surface area (Å²) in [5, 5.41) is 9.11. The molecule has 0 atom stereocenters. The van der Waals surface area contributed by atoms with E-state index in [1.807, 2.05) is 114 Å². The molecule has 0 aliphatic heterocycles. The fourth-order valence-electron chi connectivity index (χ4n) is 18.9. The van der Waals surface area contributed by atoms with Crippen molar-refractivity contribution in [3.05, 3.63) is 0 Å². The molecule has 0 saturated heterocycles. The molecule has 0 aromatic rings. The van der Waals surface area contributed by atoms with Crippen LogP contribution in [0.1, 0.15) is 388 Å². The molecule has 0 heterocycles. The minimum absolute atomic E-state index is 0.0139. The van der Waals surface area contributed by atoms with Crippen LogP contribution in [0.15, 0.2) is 0 Å². The van der Waals surface area contributed by atoms with Crippen LogP contribution in [-0.4, -0.2) is 174 Å². The summed E-state index contributed by atoms with van der Waals surface area (Å²) in [6, 6.07) is 1.05. The van der Waals surface area contributed by atoms with Crippen molar-refractivity contribution < 1.29 is 55.1 Å². The van der Waals surface area contributed by atoms with Crippen LogP contribution in [-0.2, 0) is 48.7 Å². The number of hydrogen-bond donors (Lipinski definition) is 4. The number of alkyl carbamates (subject to hydrolysis) is 1. The zero-order valence-electron chi connectivity index (χ0n) is 89.7. The van der Waals surface area contributed by atoms with E-state index in [0.717, 1.165) is 0 Å². The van der Waals surface area contributed by atoms with Crippen LogP contribution < -0.4 is 20.7 Å². The monoisotopic (exact) mass is 1730 g/mol. The Morgan fingerprint density at radius 2 is 0.534 bits per heavy atom. The molecule has 0 unspecified atom stereocenters. The minimum atomic E-state index is -3.14. The number of carbonyl (C=O) groups excluding carboxylic acids is 6. The zero-order chi connectivity index (χ0) is 98.2. The lowest BCUT2D eigenvalue weighted by molar-refractivity contribution is -0.141. The van der Waals surface area contributed by atoms with Crippen LogP contribution in [0.4, 0.5) is 9.59 Å². The molecule has 0 aromatic carbocycles. The van der Waals surface area contributed by atoms with E-state index in [2.05, 4.69) is 311 Å². The molecule has 712 valence electrons. The summed E-state index contributed by atoms with van der Waals surface area (Å²) < 4.78 is 59.8. The molecular formula is C96H204N8O12S2. The molecule has 0 fully saturated rings. The number of amides is 6. The van der Waals surface area contributed by atoms with Crippen LogP contribution >= 0.6 is 0 Å². The van der Waals surface area contributed by atoms with Crippen LogP contribution in [0.25, 0.3) is 0 Å². The summed E-state index contributed by atoms with van der Waals surface area (Å²) >= 11 is 0. The third-order valence-corrected chi connectivity index (χ3v) is 21.4. The van der Waals surface area contributed by atoms with Gasteiger partial charge in [-0.3, -0.25) is 19.2 Å². The summed E-state index contributed by atoms with van der Waals surface area (Å²) in [6.07, 6.45) is 1.90. The Kier molecular flexibility index (Phi) is 52.9. The SMILES string of the molecule is CC(=O)N(C)C(C(C)(C)C)C(C)(C)C.CC(=O)NC(C(C)(C)C)C(C)(C)C.CC(C)(C)C(NS(C)(=O)=O)C(C)(C)C.CC(C)C(=O)N(C)C(C(C)(C)C)C(C)(C)C.CC(C)C(=O)NC(C(C)(C)C)C(C)(C)C.CCOC(=O)N(C)C(C(C)(C)C)C(C)(C)C.CCOC(=O)NC(C(C)(C)C)C(C)(C)C.CN(C(C(C)(C)C)C(C)(C)C)S(C)(=O)=O. The first-order chi connectivity index (χ1) is 50.6. The Morgan fingerprint density at radius 3 is 0.686 bits per heavy atom. The summed E-state index contributed by atoms with van der Waals surface area (Å²) in [7, 11) is 1.03. The van der Waals surface area contributed by atoms with Gasteiger partial charge in [-0.05, 0) is 100 Å². The number of hydrogen-bond acceptors (Lipinski definition) is 12. The third kappa shape index (κ3) is 56.2. The van der Waals surface area contributed by atoms with Gasteiger partial charge in [0.05, 0.1) is 25.7 Å². The molecule has 0 aromatic heterocycles. The molecule has 0 spiro atoms. The highest BCUT2D eigenvalue weighted by Crippen LogP contribution is 2.43. The summed E-state index contributed by atoms with van der Waals surface area (Å²) in [5.74, 6) is 0.684. The second-order valence-electron chi connectivity index (χ2n) is 51.1. The maximum atomic E-state index is 12.1. The minimum Gasteiger partial charge on any atom is -0.450 e. The van der Waals surface area contributed by atoms with Gasteiger partial charge in [0.15, 0.2) is 0 Å². The Labute approximate surface area is 734 Å². The molecule has 0 aliphatic carbocycles. The number of nitrogens with one attached hydrogen (secondary N) is 4. The number of nitrogens with zero attached hydrogens (tertiary/aromatic N) is 4. The van der Waals surface area contributed by atoms with Crippen molar-refractivity contribution in [1.82, 2.24) is 39.7 Å². The Hall–Kier alpha value is -3.76. The number of sulfonamides is 2. The smallest absolute Gasteiger partial charge is 0.409 e. The average Bonchev–Trinajstić information content (AvgIpc) is 0.804. The van der Waals surface area contributed by atoms with Crippen LogP contribution in [0, 0.1) is 98.5 Å². The normalized spacial score (nSPS) is 13.6. The zero-order valence-corrected chi connectivity index (χ0v) is 91.3. The lowest BCUT2D eigenvalue weighted by Crippen LogP contribution is -2.53. The molecule has 0 aliphatic rings. The second kappa shape index (κ2) is 48.1. The van der Waals surface area contributed by atoms with Crippen molar-refractivity contribution in [3.8, 4) is 0 Å². The molecule has 118 heavy (non-hydrogen) atoms. The molecule has 22 heteroatoms. The average molecular weight is 1730 g/mol. The van der Waals surface area contributed by atoms with E-state index >= 15 is 0 Å². The standard InChI is InChI=1S/C14H29NO.C13H27NO2.C13H27NO.C12H25NO2.C12H25NO.C11H25NO2S.C11H23NO.C10H23NO2S/c1-10(2)11(16)15(9)12(13(3,4)5)14(6,7)8;1-9-16-11(15)14(8)10(12(2,3)4)13(5,6)7;1-9(2)10(15)14-11(12(3,4)5)13(6,7)8;1-8-15-10(14)13-9(11(2,3)4)12(5,6)7;1-9(14)13(8)10(11(2,3)4)12(5,6)7;1-10(2,3)9(11(4,5)6)12(7)15(8,13)14;1-8(13)12-9(10(2,3)4)11(5,6)7;1-9(2,3)8(10(4,5)6)11-14(7,12)13/h10,12H,1-9H3;10H,9H2,1-8H3;9,11H,1-8H3,(H,14,15);9H,8H2,1-7H3,(H,13,14);10H,1-8H3;9H,1-8H3;9H,1-7H3,(H,12,13);8,11H,1-7H3. The lowest BCUT2D eigenvalue weighted by atomic mass is 9.71. The van der Waals surface area contributed by atoms with Gasteiger partial charge in [-0.1, -0.05) is 360 Å². The molecule has 20 nitrogen and oxygen atoms in total. The largest absolute Gasteiger partial charge is 0.450 e. The quantitative estimate of drug-likeness (QED) is 0.127. The molecule has 0 radical (unpaired) electrons. The van der Waals surface area contributed by atoms with Crippen LogP contribution in [0.5, 0.6) is 0 Å². The highest BCUT2D eigenvalue weighted by Gasteiger charge is 2.46. The first-order valence-corrected chi connectivity index (χ1v) is 47.1. The van der Waals surface area contributed by atoms with Gasteiger partial charge in [0, 0.05) is 102 Å². The van der Waals surface area contributed by atoms with Gasteiger partial charge in [0.25, 0.3) is 0 Å². The van der Waals surface area contributed by atoms with Crippen LogP contribution in [0.3, 0.4) is 0 Å². The summed E-state index contributed by atoms with van der Waals surface area (Å²) in [6.45, 7) is 118. The van der Waals surface area contributed by atoms with Gasteiger partial charge in [-0.15, -0.1) is 0 Å². The first kappa shape index (κ1) is 130. The van der Waals surface area contributed by atoms with Crippen molar-refractivity contribution in [3.63, 3.8) is 0 Å². The van der Waals surface area contributed by atoms with E-state index < -0.39 is 20.0 Å². The lowest BCUT2D eigenvalue weighted by Gasteiger charge is -2.46. The van der Waals surface area contributed by atoms with E-state index in [1.165, 1.54) is 16.8 Å². The van der Waals surface area contributed by atoms with E-state index in [1.54, 1.807) is 25.8 Å². The maximum Gasteiger partial charge on any atom is 0.409 e. The highest BCUT2D eigenvalue weighted by molar-refractivity contribution is 7.88. The maximum absolute atomic E-state index is 12.1. The van der Waals surface area contributed by atoms with Gasteiger partial charge < -0.3 is 40.1 Å². The van der Waals surface area contributed by atoms with Crippen molar-refractivity contribution >= 4 is 55.9 Å². The summed E-state index contributed by atoms with van der Waals surface area (Å²) in [4.78, 5) is 75.0. The molecule has 0 saturated carbocycles. The van der Waals surface area contributed by atoms with Crippen molar-refractivity contribution in [2.75, 3.05) is 53.9 Å². The predicted molar refractivity (Wildman–Crippen MR) is 510 cm³/mol. The van der Waals surface area contributed by atoms with E-state index in [-0.39, 0.29) is 183 Å². The van der Waals surface area contributed by atoms with Gasteiger partial charge in [0.2, 0.25) is 43.7 Å². The molecule has 0 bridgehead atoms.